The first-order valence-electron chi connectivity index (χ1n) is 8.34. The van der Waals surface area contributed by atoms with Crippen LogP contribution in [0.25, 0.3) is 0 Å². The SMILES string of the molecule is CC(C)S(=O)(=O)ON1C(=O)C2C(C1=O)C1C(=O)N(OS(=O)(=O)C(C)C)C(=O)C21. The van der Waals surface area contributed by atoms with E-state index >= 15 is 0 Å². The van der Waals surface area contributed by atoms with Gasteiger partial charge in [0, 0.05) is 0 Å². The highest BCUT2D eigenvalue weighted by atomic mass is 32.2. The summed E-state index contributed by atoms with van der Waals surface area (Å²) in [6.07, 6.45) is 0. The Labute approximate surface area is 160 Å². The number of fused-ring (bicyclic) bond motifs is 4. The molecule has 0 aromatic heterocycles. The molecule has 0 atom stereocenters. The quantitative estimate of drug-likeness (QED) is 0.448. The summed E-state index contributed by atoms with van der Waals surface area (Å²) in [6.45, 7) is 5.12. The Morgan fingerprint density at radius 3 is 1.00 bits per heavy atom. The second-order valence-electron chi connectivity index (χ2n) is 7.28. The summed E-state index contributed by atoms with van der Waals surface area (Å²) in [5, 5.41) is -1.95. The standard InChI is InChI=1S/C14H18N2O10S2/c1-5(2)27(21,22)25-15-11(17)7-8(12(15)18)10-9(7)13(19)16(14(10)20)26-28(23,24)6(3)4/h5-10H,1-4H3. The predicted molar refractivity (Wildman–Crippen MR) is 87.9 cm³/mol. The molecule has 1 aliphatic carbocycles. The smallest absolute Gasteiger partial charge is 0.272 e. The van der Waals surface area contributed by atoms with Crippen molar-refractivity contribution in [3.8, 4) is 0 Å². The largest absolute Gasteiger partial charge is 0.290 e. The van der Waals surface area contributed by atoms with Crippen molar-refractivity contribution in [2.45, 2.75) is 38.2 Å². The van der Waals surface area contributed by atoms with Crippen LogP contribution >= 0.6 is 0 Å². The van der Waals surface area contributed by atoms with Gasteiger partial charge in [0.15, 0.2) is 0 Å². The molecule has 1 saturated carbocycles. The third-order valence-corrected chi connectivity index (χ3v) is 8.02. The number of carbonyl (C=O) groups excluding carboxylic acids is 4. The molecule has 3 aliphatic rings. The van der Waals surface area contributed by atoms with E-state index in [0.717, 1.165) is 0 Å². The molecule has 4 amide bonds. The average molecular weight is 438 g/mol. The molecule has 12 nitrogen and oxygen atoms in total. The number of nitrogens with zero attached hydrogens (tertiary/aromatic N) is 2. The molecule has 2 aliphatic heterocycles. The highest BCUT2D eigenvalue weighted by Gasteiger charge is 2.75. The maximum absolute atomic E-state index is 12.4. The topological polar surface area (TPSA) is 161 Å². The summed E-state index contributed by atoms with van der Waals surface area (Å²) in [4.78, 5) is 49.8. The summed E-state index contributed by atoms with van der Waals surface area (Å²) < 4.78 is 56.6. The van der Waals surface area contributed by atoms with Crippen molar-refractivity contribution in [2.75, 3.05) is 0 Å². The molecule has 0 spiro atoms. The van der Waals surface area contributed by atoms with Gasteiger partial charge in [-0.1, -0.05) is 0 Å². The molecule has 0 aromatic rings. The average Bonchev–Trinajstić information content (AvgIpc) is 2.84. The minimum atomic E-state index is -4.26. The number of hydrogen-bond acceptors (Lipinski definition) is 10. The van der Waals surface area contributed by atoms with Crippen LogP contribution in [0.1, 0.15) is 27.7 Å². The Kier molecular flexibility index (Phi) is 4.69. The summed E-state index contributed by atoms with van der Waals surface area (Å²) >= 11 is 0. The molecule has 3 fully saturated rings. The normalized spacial score (nSPS) is 30.4. The number of hydroxylamine groups is 4. The zero-order valence-corrected chi connectivity index (χ0v) is 16.9. The molecule has 156 valence electrons. The van der Waals surface area contributed by atoms with Crippen molar-refractivity contribution in [1.29, 1.82) is 0 Å². The molecule has 28 heavy (non-hydrogen) atoms. The lowest BCUT2D eigenvalue weighted by Gasteiger charge is -2.35. The Hall–Kier alpha value is -1.90. The van der Waals surface area contributed by atoms with E-state index in [4.69, 9.17) is 0 Å². The van der Waals surface area contributed by atoms with E-state index < -0.39 is 78.0 Å². The molecule has 0 N–H and O–H groups in total. The second-order valence-corrected chi connectivity index (χ2v) is 11.4. The van der Waals surface area contributed by atoms with Crippen LogP contribution in [0.3, 0.4) is 0 Å². The molecule has 0 aromatic carbocycles. The zero-order chi connectivity index (χ0) is 21.3. The lowest BCUT2D eigenvalue weighted by Crippen LogP contribution is -2.50. The maximum Gasteiger partial charge on any atom is 0.290 e. The van der Waals surface area contributed by atoms with Gasteiger partial charge in [0.25, 0.3) is 43.9 Å². The van der Waals surface area contributed by atoms with Gasteiger partial charge in [0.2, 0.25) is 0 Å². The number of hydrogen-bond donors (Lipinski definition) is 0. The minimum Gasteiger partial charge on any atom is -0.272 e. The summed E-state index contributed by atoms with van der Waals surface area (Å²) in [6, 6.07) is 0. The van der Waals surface area contributed by atoms with Gasteiger partial charge in [-0.05, 0) is 27.7 Å². The molecule has 0 radical (unpaired) electrons. The van der Waals surface area contributed by atoms with Crippen LogP contribution in [0.4, 0.5) is 0 Å². The maximum atomic E-state index is 12.4. The van der Waals surface area contributed by atoms with Crippen LogP contribution in [0.2, 0.25) is 0 Å². The summed E-state index contributed by atoms with van der Waals surface area (Å²) in [5.74, 6) is -9.55. The first kappa shape index (κ1) is 20.8. The first-order valence-corrected chi connectivity index (χ1v) is 11.3. The van der Waals surface area contributed by atoms with Gasteiger partial charge >= 0.3 is 0 Å². The van der Waals surface area contributed by atoms with Gasteiger partial charge < -0.3 is 0 Å². The third kappa shape index (κ3) is 2.77. The van der Waals surface area contributed by atoms with Gasteiger partial charge in [-0.25, -0.2) is 0 Å². The number of amides is 4. The van der Waals surface area contributed by atoms with Crippen molar-refractivity contribution in [3.05, 3.63) is 0 Å². The van der Waals surface area contributed by atoms with E-state index in [2.05, 4.69) is 8.57 Å². The van der Waals surface area contributed by atoms with E-state index in [1.165, 1.54) is 27.7 Å². The fraction of sp³-hybridized carbons (Fsp3) is 0.714. The van der Waals surface area contributed by atoms with Gasteiger partial charge in [-0.2, -0.15) is 16.8 Å². The highest BCUT2D eigenvalue weighted by Crippen LogP contribution is 2.56. The molecule has 0 unspecified atom stereocenters. The Morgan fingerprint density at radius 1 is 0.607 bits per heavy atom. The van der Waals surface area contributed by atoms with E-state index in [-0.39, 0.29) is 10.1 Å². The lowest BCUT2D eigenvalue weighted by molar-refractivity contribution is -0.169. The Balaban J connectivity index is 1.86. The van der Waals surface area contributed by atoms with Crippen LogP contribution in [-0.2, 0) is 48.0 Å². The van der Waals surface area contributed by atoms with E-state index in [1.54, 1.807) is 0 Å². The monoisotopic (exact) mass is 438 g/mol. The van der Waals surface area contributed by atoms with Crippen LogP contribution < -0.4 is 0 Å². The molecule has 0 bridgehead atoms. The number of carbonyl (C=O) groups is 4. The molecule has 14 heteroatoms. The Bertz CT molecular complexity index is 856. The number of rotatable bonds is 6. The molecule has 2 saturated heterocycles. The van der Waals surface area contributed by atoms with Gasteiger partial charge in [-0.15, -0.1) is 18.7 Å². The lowest BCUT2D eigenvalue weighted by atomic mass is 9.59. The van der Waals surface area contributed by atoms with Gasteiger partial charge in [-0.3, -0.25) is 19.2 Å². The summed E-state index contributed by atoms with van der Waals surface area (Å²) in [7, 11) is -8.52. The van der Waals surface area contributed by atoms with Crippen LogP contribution in [0, 0.1) is 23.7 Å². The molecular weight excluding hydrogens is 420 g/mol. The van der Waals surface area contributed by atoms with E-state index in [0.29, 0.717) is 0 Å². The molecule has 3 rings (SSSR count). The van der Waals surface area contributed by atoms with Crippen molar-refractivity contribution >= 4 is 43.9 Å². The first-order chi connectivity index (χ1) is 12.7. The van der Waals surface area contributed by atoms with Crippen LogP contribution in [0.15, 0.2) is 0 Å². The molecule has 2 heterocycles. The highest BCUT2D eigenvalue weighted by molar-refractivity contribution is 7.87. The van der Waals surface area contributed by atoms with Crippen molar-refractivity contribution in [1.82, 2.24) is 10.1 Å². The van der Waals surface area contributed by atoms with Crippen molar-refractivity contribution in [3.63, 3.8) is 0 Å². The Morgan fingerprint density at radius 2 is 0.821 bits per heavy atom. The van der Waals surface area contributed by atoms with E-state index in [9.17, 15) is 36.0 Å². The van der Waals surface area contributed by atoms with Gasteiger partial charge in [0.1, 0.15) is 0 Å². The number of imide groups is 2. The van der Waals surface area contributed by atoms with E-state index in [1.807, 2.05) is 0 Å². The van der Waals surface area contributed by atoms with Crippen molar-refractivity contribution < 1.29 is 44.6 Å². The fourth-order valence-electron chi connectivity index (χ4n) is 3.26. The minimum absolute atomic E-state index is 0.0691. The fourth-order valence-corrected chi connectivity index (χ4v) is 4.32. The zero-order valence-electron chi connectivity index (χ0n) is 15.3. The summed E-state index contributed by atoms with van der Waals surface area (Å²) in [5.41, 5.74) is 0. The van der Waals surface area contributed by atoms with Crippen LogP contribution in [-0.4, -0.2) is 61.1 Å². The third-order valence-electron chi connectivity index (χ3n) is 5.00. The van der Waals surface area contributed by atoms with Gasteiger partial charge in [0.05, 0.1) is 34.2 Å². The van der Waals surface area contributed by atoms with Crippen molar-refractivity contribution in [2.24, 2.45) is 23.7 Å². The predicted octanol–water partition coefficient (Wildman–Crippen LogP) is -1.46. The second kappa shape index (κ2) is 6.30. The molecular formula is C14H18N2O10S2. The van der Waals surface area contributed by atoms with Crippen LogP contribution in [0.5, 0.6) is 0 Å².